The number of ether oxygens (including phenoxy) is 1. The zero-order valence-electron chi connectivity index (χ0n) is 11.2. The summed E-state index contributed by atoms with van der Waals surface area (Å²) in [7, 11) is 0. The zero-order chi connectivity index (χ0) is 15.4. The van der Waals surface area contributed by atoms with Crippen molar-refractivity contribution >= 4 is 11.7 Å². The molecule has 0 saturated carbocycles. The van der Waals surface area contributed by atoms with Crippen LogP contribution >= 0.6 is 0 Å². The van der Waals surface area contributed by atoms with E-state index in [1.165, 1.54) is 6.92 Å². The van der Waals surface area contributed by atoms with E-state index in [0.29, 0.717) is 0 Å². The molecule has 0 aromatic heterocycles. The third-order valence-electron chi connectivity index (χ3n) is 2.97. The van der Waals surface area contributed by atoms with E-state index < -0.39 is 22.4 Å². The maximum atomic E-state index is 13.4. The fourth-order valence-electron chi connectivity index (χ4n) is 1.87. The number of nitrogens with zero attached hydrogens (tertiary/aromatic N) is 1. The lowest BCUT2D eigenvalue weighted by Gasteiger charge is -2.08. The van der Waals surface area contributed by atoms with Gasteiger partial charge >= 0.3 is 5.97 Å². The van der Waals surface area contributed by atoms with Crippen LogP contribution in [0.15, 0.2) is 42.5 Å². The number of rotatable bonds is 4. The summed E-state index contributed by atoms with van der Waals surface area (Å²) in [6.45, 7) is 1.40. The first-order valence-electron chi connectivity index (χ1n) is 6.14. The number of halogens is 1. The minimum Gasteiger partial charge on any atom is -0.457 e. The van der Waals surface area contributed by atoms with Crippen LogP contribution < -0.4 is 0 Å². The van der Waals surface area contributed by atoms with Crippen LogP contribution in [0.5, 0.6) is 0 Å². The van der Waals surface area contributed by atoms with Crippen molar-refractivity contribution in [2.75, 3.05) is 0 Å². The Morgan fingerprint density at radius 3 is 2.57 bits per heavy atom. The molecule has 2 rings (SSSR count). The average Bonchev–Trinajstić information content (AvgIpc) is 2.47. The van der Waals surface area contributed by atoms with Gasteiger partial charge in [-0.2, -0.15) is 0 Å². The highest BCUT2D eigenvalue weighted by atomic mass is 19.1. The van der Waals surface area contributed by atoms with Crippen molar-refractivity contribution < 1.29 is 18.8 Å². The monoisotopic (exact) mass is 289 g/mol. The molecule has 21 heavy (non-hydrogen) atoms. The summed E-state index contributed by atoms with van der Waals surface area (Å²) in [5.74, 6) is -1.64. The highest BCUT2D eigenvalue weighted by molar-refractivity contribution is 5.92. The van der Waals surface area contributed by atoms with Crippen molar-refractivity contribution in [3.8, 4) is 0 Å². The van der Waals surface area contributed by atoms with Crippen LogP contribution in [0.25, 0.3) is 0 Å². The van der Waals surface area contributed by atoms with Gasteiger partial charge in [0.2, 0.25) is 0 Å². The van der Waals surface area contributed by atoms with Crippen molar-refractivity contribution in [3.05, 3.63) is 75.1 Å². The van der Waals surface area contributed by atoms with E-state index in [1.54, 1.807) is 24.3 Å². The topological polar surface area (TPSA) is 69.4 Å². The van der Waals surface area contributed by atoms with E-state index >= 15 is 0 Å². The Balaban J connectivity index is 2.21. The molecule has 0 aliphatic rings. The first-order valence-corrected chi connectivity index (χ1v) is 6.14. The summed E-state index contributed by atoms with van der Waals surface area (Å²) in [4.78, 5) is 22.0. The van der Waals surface area contributed by atoms with Crippen LogP contribution in [0.3, 0.4) is 0 Å². The quantitative estimate of drug-likeness (QED) is 0.491. The van der Waals surface area contributed by atoms with E-state index in [4.69, 9.17) is 4.74 Å². The number of hydrogen-bond donors (Lipinski definition) is 0. The molecule has 0 spiro atoms. The molecule has 108 valence electrons. The zero-order valence-corrected chi connectivity index (χ0v) is 11.2. The summed E-state index contributed by atoms with van der Waals surface area (Å²) < 4.78 is 18.4. The van der Waals surface area contributed by atoms with E-state index in [9.17, 15) is 19.3 Å². The average molecular weight is 289 g/mol. The molecule has 0 atom stereocenters. The summed E-state index contributed by atoms with van der Waals surface area (Å²) in [6.07, 6.45) is 0. The standard InChI is InChI=1S/C15H12FNO4/c1-10-13(7-12(16)8-14(10)17(19)20)15(18)21-9-11-5-3-2-4-6-11/h2-8H,9H2,1H3. The number of nitro benzene ring substituents is 1. The van der Waals surface area contributed by atoms with Crippen molar-refractivity contribution in [1.82, 2.24) is 0 Å². The third kappa shape index (κ3) is 3.42. The van der Waals surface area contributed by atoms with Crippen molar-refractivity contribution in [2.24, 2.45) is 0 Å². The molecule has 0 bridgehead atoms. The molecule has 0 aliphatic carbocycles. The SMILES string of the molecule is Cc1c(C(=O)OCc2ccccc2)cc(F)cc1[N+](=O)[O-]. The second kappa shape index (κ2) is 6.13. The number of hydrogen-bond acceptors (Lipinski definition) is 4. The van der Waals surface area contributed by atoms with E-state index in [-0.39, 0.29) is 17.7 Å². The fraction of sp³-hybridized carbons (Fsp3) is 0.133. The predicted octanol–water partition coefficient (Wildman–Crippen LogP) is 3.40. The lowest BCUT2D eigenvalue weighted by molar-refractivity contribution is -0.385. The Hall–Kier alpha value is -2.76. The van der Waals surface area contributed by atoms with Gasteiger partial charge in [-0.05, 0) is 18.6 Å². The number of carbonyl (C=O) groups is 1. The molecule has 0 aliphatic heterocycles. The second-order valence-electron chi connectivity index (χ2n) is 4.42. The van der Waals surface area contributed by atoms with Crippen LogP contribution in [0.2, 0.25) is 0 Å². The molecule has 0 radical (unpaired) electrons. The Labute approximate surface area is 120 Å². The van der Waals surface area contributed by atoms with Gasteiger partial charge in [-0.25, -0.2) is 9.18 Å². The maximum Gasteiger partial charge on any atom is 0.339 e. The Bertz CT molecular complexity index is 686. The van der Waals surface area contributed by atoms with Gasteiger partial charge in [0.05, 0.1) is 16.6 Å². The molecule has 0 amide bonds. The second-order valence-corrected chi connectivity index (χ2v) is 4.42. The first-order chi connectivity index (χ1) is 9.99. The van der Waals surface area contributed by atoms with Gasteiger partial charge in [-0.1, -0.05) is 30.3 Å². The normalized spacial score (nSPS) is 10.2. The van der Waals surface area contributed by atoms with Crippen LogP contribution in [-0.2, 0) is 11.3 Å². The van der Waals surface area contributed by atoms with Gasteiger partial charge in [0.15, 0.2) is 0 Å². The molecular formula is C15H12FNO4. The first kappa shape index (κ1) is 14.6. The van der Waals surface area contributed by atoms with Crippen LogP contribution in [0.1, 0.15) is 21.5 Å². The fourth-order valence-corrected chi connectivity index (χ4v) is 1.87. The number of benzene rings is 2. The Morgan fingerprint density at radius 1 is 1.29 bits per heavy atom. The van der Waals surface area contributed by atoms with Gasteiger partial charge < -0.3 is 4.74 Å². The summed E-state index contributed by atoms with van der Waals surface area (Å²) >= 11 is 0. The van der Waals surface area contributed by atoms with Gasteiger partial charge in [0.25, 0.3) is 5.69 Å². The van der Waals surface area contributed by atoms with Crippen LogP contribution in [0.4, 0.5) is 10.1 Å². The Kier molecular flexibility index (Phi) is 4.27. The van der Waals surface area contributed by atoms with Crippen molar-refractivity contribution in [2.45, 2.75) is 13.5 Å². The van der Waals surface area contributed by atoms with E-state index in [1.807, 2.05) is 6.07 Å². The van der Waals surface area contributed by atoms with Crippen molar-refractivity contribution in [1.29, 1.82) is 0 Å². The van der Waals surface area contributed by atoms with Gasteiger partial charge in [-0.3, -0.25) is 10.1 Å². The van der Waals surface area contributed by atoms with Crippen LogP contribution in [0, 0.1) is 22.9 Å². The molecule has 5 nitrogen and oxygen atoms in total. The molecular weight excluding hydrogens is 277 g/mol. The van der Waals surface area contributed by atoms with Gasteiger partial charge in [0, 0.05) is 5.56 Å². The molecule has 6 heteroatoms. The predicted molar refractivity (Wildman–Crippen MR) is 73.4 cm³/mol. The van der Waals surface area contributed by atoms with Crippen LogP contribution in [-0.4, -0.2) is 10.9 Å². The van der Waals surface area contributed by atoms with Crippen molar-refractivity contribution in [3.63, 3.8) is 0 Å². The number of nitro groups is 1. The highest BCUT2D eigenvalue weighted by Crippen LogP contribution is 2.24. The molecule has 0 N–H and O–H groups in total. The number of esters is 1. The smallest absolute Gasteiger partial charge is 0.339 e. The Morgan fingerprint density at radius 2 is 1.95 bits per heavy atom. The summed E-state index contributed by atoms with van der Waals surface area (Å²) in [5, 5.41) is 10.8. The third-order valence-corrected chi connectivity index (χ3v) is 2.97. The van der Waals surface area contributed by atoms with E-state index in [2.05, 4.69) is 0 Å². The maximum absolute atomic E-state index is 13.4. The lowest BCUT2D eigenvalue weighted by atomic mass is 10.1. The molecule has 2 aromatic rings. The minimum absolute atomic E-state index is 0.0173. The highest BCUT2D eigenvalue weighted by Gasteiger charge is 2.21. The summed E-state index contributed by atoms with van der Waals surface area (Å²) in [6, 6.07) is 10.7. The largest absolute Gasteiger partial charge is 0.457 e. The lowest BCUT2D eigenvalue weighted by Crippen LogP contribution is -2.09. The molecule has 0 saturated heterocycles. The minimum atomic E-state index is -0.848. The molecule has 0 unspecified atom stereocenters. The van der Waals surface area contributed by atoms with E-state index in [0.717, 1.165) is 17.7 Å². The number of carbonyl (C=O) groups excluding carboxylic acids is 1. The van der Waals surface area contributed by atoms with Gasteiger partial charge in [-0.15, -0.1) is 0 Å². The molecule has 0 fully saturated rings. The van der Waals surface area contributed by atoms with Gasteiger partial charge in [0.1, 0.15) is 12.4 Å². The molecule has 2 aromatic carbocycles. The molecule has 0 heterocycles. The summed E-state index contributed by atoms with van der Waals surface area (Å²) in [5.41, 5.74) is 0.271.